The van der Waals surface area contributed by atoms with Gasteiger partial charge in [0.2, 0.25) is 5.78 Å². The summed E-state index contributed by atoms with van der Waals surface area (Å²) in [6.45, 7) is 4.40. The van der Waals surface area contributed by atoms with Crippen LogP contribution in [0.1, 0.15) is 41.5 Å². The fraction of sp³-hybridized carbons (Fsp3) is 0.391. The van der Waals surface area contributed by atoms with Crippen molar-refractivity contribution in [2.75, 3.05) is 19.7 Å². The Balaban J connectivity index is 1.68. The lowest BCUT2D eigenvalue weighted by molar-refractivity contribution is -0.158. The van der Waals surface area contributed by atoms with E-state index in [9.17, 15) is 14.0 Å². The van der Waals surface area contributed by atoms with Crippen LogP contribution < -0.4 is 0 Å². The van der Waals surface area contributed by atoms with Crippen molar-refractivity contribution in [3.8, 4) is 0 Å². The van der Waals surface area contributed by atoms with Crippen molar-refractivity contribution < 1.29 is 18.7 Å². The highest BCUT2D eigenvalue weighted by Crippen LogP contribution is 2.36. The van der Waals surface area contributed by atoms with Crippen LogP contribution in [0.2, 0.25) is 0 Å². The molecule has 0 aliphatic carbocycles. The van der Waals surface area contributed by atoms with Gasteiger partial charge in [-0.2, -0.15) is 0 Å². The van der Waals surface area contributed by atoms with Crippen molar-refractivity contribution in [1.82, 2.24) is 19.3 Å². The molecule has 3 heterocycles. The molecule has 0 spiro atoms. The maximum absolute atomic E-state index is 14.4. The summed E-state index contributed by atoms with van der Waals surface area (Å²) >= 11 is 0. The van der Waals surface area contributed by atoms with E-state index in [4.69, 9.17) is 4.74 Å². The van der Waals surface area contributed by atoms with E-state index in [-0.39, 0.29) is 31.3 Å². The van der Waals surface area contributed by atoms with Crippen LogP contribution in [0.25, 0.3) is 5.78 Å². The first-order valence-corrected chi connectivity index (χ1v) is 10.4. The number of ether oxygens (including phenoxy) is 1. The zero-order valence-corrected chi connectivity index (χ0v) is 17.7. The van der Waals surface area contributed by atoms with E-state index in [0.717, 1.165) is 0 Å². The molecule has 1 aliphatic rings. The molecule has 0 radical (unpaired) electrons. The van der Waals surface area contributed by atoms with Gasteiger partial charge in [0.15, 0.2) is 0 Å². The molecule has 3 aromatic rings. The molecule has 2 aromatic heterocycles. The Morgan fingerprint density at radius 1 is 1.26 bits per heavy atom. The third kappa shape index (κ3) is 3.89. The van der Waals surface area contributed by atoms with Crippen molar-refractivity contribution in [2.24, 2.45) is 5.41 Å². The molecular weight excluding hydrogens is 399 g/mol. The average molecular weight is 424 g/mol. The van der Waals surface area contributed by atoms with Gasteiger partial charge in [-0.05, 0) is 50.8 Å². The van der Waals surface area contributed by atoms with Gasteiger partial charge < -0.3 is 9.64 Å². The van der Waals surface area contributed by atoms with E-state index in [0.29, 0.717) is 42.1 Å². The molecule has 0 saturated carbocycles. The second kappa shape index (κ2) is 8.45. The monoisotopic (exact) mass is 424 g/mol. The van der Waals surface area contributed by atoms with E-state index in [1.54, 1.807) is 59.8 Å². The van der Waals surface area contributed by atoms with Crippen LogP contribution in [0.3, 0.4) is 0 Å². The molecule has 1 fully saturated rings. The SMILES string of the molecule is CCOC(=O)[C@]1(Cc2ccccc2F)CCCN(C(=O)c2c(C)nc3ncccn23)C1. The Morgan fingerprint density at radius 3 is 2.84 bits per heavy atom. The summed E-state index contributed by atoms with van der Waals surface area (Å²) in [7, 11) is 0. The second-order valence-corrected chi connectivity index (χ2v) is 7.93. The minimum absolute atomic E-state index is 0.159. The number of aromatic nitrogens is 3. The van der Waals surface area contributed by atoms with Gasteiger partial charge in [0.1, 0.15) is 11.5 Å². The number of esters is 1. The van der Waals surface area contributed by atoms with Crippen molar-refractivity contribution in [1.29, 1.82) is 0 Å². The Kier molecular flexibility index (Phi) is 5.71. The number of hydrogen-bond acceptors (Lipinski definition) is 5. The minimum atomic E-state index is -1.00. The zero-order valence-electron chi connectivity index (χ0n) is 17.7. The number of benzene rings is 1. The Morgan fingerprint density at radius 2 is 2.06 bits per heavy atom. The van der Waals surface area contributed by atoms with Crippen LogP contribution in [0.4, 0.5) is 4.39 Å². The number of fused-ring (bicyclic) bond motifs is 1. The number of carbonyl (C=O) groups is 2. The molecule has 1 atom stereocenters. The zero-order chi connectivity index (χ0) is 22.0. The van der Waals surface area contributed by atoms with Gasteiger partial charge in [-0.3, -0.25) is 14.0 Å². The Hall–Kier alpha value is -3.29. The van der Waals surface area contributed by atoms with Crippen molar-refractivity contribution in [2.45, 2.75) is 33.1 Å². The first kappa shape index (κ1) is 21.0. The van der Waals surface area contributed by atoms with Crippen LogP contribution in [0.5, 0.6) is 0 Å². The van der Waals surface area contributed by atoms with E-state index in [2.05, 4.69) is 9.97 Å². The van der Waals surface area contributed by atoms with Crippen LogP contribution in [0, 0.1) is 18.2 Å². The molecular formula is C23H25FN4O3. The highest BCUT2D eigenvalue weighted by Gasteiger charge is 2.45. The van der Waals surface area contributed by atoms with Crippen LogP contribution in [-0.2, 0) is 16.0 Å². The summed E-state index contributed by atoms with van der Waals surface area (Å²) in [5.41, 5.74) is 0.442. The maximum Gasteiger partial charge on any atom is 0.314 e. The third-order valence-corrected chi connectivity index (χ3v) is 5.84. The number of imidazole rings is 1. The summed E-state index contributed by atoms with van der Waals surface area (Å²) in [6.07, 6.45) is 4.69. The molecule has 4 rings (SSSR count). The van der Waals surface area contributed by atoms with Gasteiger partial charge in [0.25, 0.3) is 5.91 Å². The normalized spacial score (nSPS) is 18.9. The predicted molar refractivity (Wildman–Crippen MR) is 112 cm³/mol. The highest BCUT2D eigenvalue weighted by molar-refractivity contribution is 5.95. The number of rotatable bonds is 5. The number of carbonyl (C=O) groups excluding carboxylic acids is 2. The van der Waals surface area contributed by atoms with Crippen molar-refractivity contribution >= 4 is 17.7 Å². The van der Waals surface area contributed by atoms with Gasteiger partial charge in [-0.25, -0.2) is 14.4 Å². The number of aryl methyl sites for hydroxylation is 1. The van der Waals surface area contributed by atoms with E-state index in [1.165, 1.54) is 6.07 Å². The predicted octanol–water partition coefficient (Wildman–Crippen LogP) is 3.21. The number of halogens is 1. The molecule has 1 aromatic carbocycles. The van der Waals surface area contributed by atoms with Crippen molar-refractivity contribution in [3.05, 3.63) is 65.5 Å². The summed E-state index contributed by atoms with van der Waals surface area (Å²) in [5.74, 6) is -0.533. The van der Waals surface area contributed by atoms with Crippen molar-refractivity contribution in [3.63, 3.8) is 0 Å². The average Bonchev–Trinajstić information content (AvgIpc) is 3.11. The number of likely N-dealkylation sites (tertiary alicyclic amines) is 1. The topological polar surface area (TPSA) is 76.8 Å². The molecule has 0 bridgehead atoms. The fourth-order valence-corrected chi connectivity index (χ4v) is 4.38. The smallest absolute Gasteiger partial charge is 0.314 e. The fourth-order valence-electron chi connectivity index (χ4n) is 4.38. The standard InChI is InChI=1S/C23H25FN4O3/c1-3-31-21(30)23(14-17-8-4-5-9-18(17)24)10-6-12-27(15-23)20(29)19-16(2)26-22-25-11-7-13-28(19)22/h4-5,7-9,11,13H,3,6,10,12,14-15H2,1-2H3/t23-/m0/s1. The summed E-state index contributed by atoms with van der Waals surface area (Å²) < 4.78 is 21.5. The molecule has 1 saturated heterocycles. The van der Waals surface area contributed by atoms with Gasteiger partial charge in [-0.15, -0.1) is 0 Å². The third-order valence-electron chi connectivity index (χ3n) is 5.84. The molecule has 7 nitrogen and oxygen atoms in total. The van der Waals surface area contributed by atoms with E-state index in [1.807, 2.05) is 0 Å². The van der Waals surface area contributed by atoms with Crippen LogP contribution in [-0.4, -0.2) is 50.8 Å². The maximum atomic E-state index is 14.4. The molecule has 8 heteroatoms. The highest BCUT2D eigenvalue weighted by atomic mass is 19.1. The van der Waals surface area contributed by atoms with Gasteiger partial charge >= 0.3 is 5.97 Å². The first-order chi connectivity index (χ1) is 14.9. The van der Waals surface area contributed by atoms with Gasteiger partial charge in [-0.1, -0.05) is 18.2 Å². The lowest BCUT2D eigenvalue weighted by atomic mass is 9.74. The molecule has 0 unspecified atom stereocenters. The molecule has 1 amide bonds. The number of hydrogen-bond donors (Lipinski definition) is 0. The lowest BCUT2D eigenvalue weighted by Gasteiger charge is -2.41. The van der Waals surface area contributed by atoms with Gasteiger partial charge in [0.05, 0.1) is 17.7 Å². The van der Waals surface area contributed by atoms with Crippen LogP contribution >= 0.6 is 0 Å². The number of nitrogens with zero attached hydrogens (tertiary/aromatic N) is 4. The quantitative estimate of drug-likeness (QED) is 0.588. The molecule has 31 heavy (non-hydrogen) atoms. The van der Waals surface area contributed by atoms with Crippen LogP contribution in [0.15, 0.2) is 42.7 Å². The lowest BCUT2D eigenvalue weighted by Crippen LogP contribution is -2.52. The summed E-state index contributed by atoms with van der Waals surface area (Å²) in [4.78, 5) is 36.8. The summed E-state index contributed by atoms with van der Waals surface area (Å²) in [6, 6.07) is 8.17. The Bertz CT molecular complexity index is 1130. The Labute approximate surface area is 179 Å². The van der Waals surface area contributed by atoms with E-state index >= 15 is 0 Å². The molecule has 0 N–H and O–H groups in total. The summed E-state index contributed by atoms with van der Waals surface area (Å²) in [5, 5.41) is 0. The molecule has 162 valence electrons. The first-order valence-electron chi connectivity index (χ1n) is 10.4. The number of amides is 1. The van der Waals surface area contributed by atoms with Gasteiger partial charge in [0, 0.05) is 25.5 Å². The van der Waals surface area contributed by atoms with E-state index < -0.39 is 11.4 Å². The number of piperidine rings is 1. The largest absolute Gasteiger partial charge is 0.466 e. The minimum Gasteiger partial charge on any atom is -0.466 e. The molecule has 1 aliphatic heterocycles. The second-order valence-electron chi connectivity index (χ2n) is 7.93.